The van der Waals surface area contributed by atoms with Crippen molar-refractivity contribution in [2.45, 2.75) is 6.54 Å². The van der Waals surface area contributed by atoms with Crippen LogP contribution in [0.2, 0.25) is 5.02 Å². The Kier molecular flexibility index (Phi) is 3.53. The first-order valence-corrected chi connectivity index (χ1v) is 5.63. The maximum absolute atomic E-state index is 13.9. The maximum Gasteiger partial charge on any atom is 0.169 e. The molecule has 0 spiro atoms. The molecule has 1 heterocycles. The van der Waals surface area contributed by atoms with Crippen molar-refractivity contribution in [2.24, 2.45) is 0 Å². The van der Waals surface area contributed by atoms with E-state index in [0.717, 1.165) is 5.56 Å². The molecule has 2 rings (SSSR count). The molecule has 0 aliphatic heterocycles. The van der Waals surface area contributed by atoms with Gasteiger partial charge in [-0.2, -0.15) is 0 Å². The fourth-order valence-electron chi connectivity index (χ4n) is 1.54. The molecule has 0 saturated heterocycles. The van der Waals surface area contributed by atoms with Crippen LogP contribution in [0, 0.1) is 5.82 Å². The highest BCUT2D eigenvalue weighted by molar-refractivity contribution is 6.33. The summed E-state index contributed by atoms with van der Waals surface area (Å²) < 4.78 is 13.9. The van der Waals surface area contributed by atoms with Gasteiger partial charge in [-0.25, -0.2) is 4.39 Å². The highest BCUT2D eigenvalue weighted by atomic mass is 35.5. The Bertz CT molecular complexity index is 560. The number of pyridine rings is 1. The molecule has 1 aromatic heterocycles. The maximum atomic E-state index is 13.9. The number of hydrogen-bond acceptors (Lipinski definition) is 4. The van der Waals surface area contributed by atoms with E-state index in [4.69, 9.17) is 23.1 Å². The van der Waals surface area contributed by atoms with Crippen LogP contribution in [-0.2, 0) is 6.54 Å². The second kappa shape index (κ2) is 5.10. The summed E-state index contributed by atoms with van der Waals surface area (Å²) in [6, 6.07) is 5.09. The number of nitrogen functional groups attached to an aromatic ring is 2. The van der Waals surface area contributed by atoms with Crippen molar-refractivity contribution in [3.8, 4) is 0 Å². The zero-order valence-electron chi connectivity index (χ0n) is 9.45. The number of rotatable bonds is 3. The molecular weight excluding hydrogens is 255 g/mol. The summed E-state index contributed by atoms with van der Waals surface area (Å²) in [6.07, 6.45) is 3.35. The van der Waals surface area contributed by atoms with Gasteiger partial charge in [0, 0.05) is 18.9 Å². The monoisotopic (exact) mass is 266 g/mol. The smallest absolute Gasteiger partial charge is 0.169 e. The lowest BCUT2D eigenvalue weighted by molar-refractivity contribution is 0.632. The van der Waals surface area contributed by atoms with E-state index in [1.165, 1.54) is 6.07 Å². The Balaban J connectivity index is 2.22. The first-order valence-electron chi connectivity index (χ1n) is 5.25. The topological polar surface area (TPSA) is 77.0 Å². The molecule has 6 heteroatoms. The third kappa shape index (κ3) is 2.46. The standard InChI is InChI=1S/C12H12ClFN4/c13-10-8(15)4-9(16)12(11(10)14)18-6-7-2-1-3-17-5-7/h1-5,18H,6,15-16H2. The van der Waals surface area contributed by atoms with Crippen LogP contribution in [-0.4, -0.2) is 4.98 Å². The van der Waals surface area contributed by atoms with Crippen molar-refractivity contribution in [1.82, 2.24) is 4.98 Å². The van der Waals surface area contributed by atoms with Crippen LogP contribution in [0.5, 0.6) is 0 Å². The highest BCUT2D eigenvalue weighted by Crippen LogP contribution is 2.33. The summed E-state index contributed by atoms with van der Waals surface area (Å²) in [7, 11) is 0. The first-order chi connectivity index (χ1) is 8.59. The Labute approximate surface area is 109 Å². The predicted octanol–water partition coefficient (Wildman–Crippen LogP) is 2.65. The van der Waals surface area contributed by atoms with Gasteiger partial charge in [0.25, 0.3) is 0 Å². The Morgan fingerprint density at radius 2 is 2.11 bits per heavy atom. The Morgan fingerprint density at radius 1 is 1.33 bits per heavy atom. The second-order valence-electron chi connectivity index (χ2n) is 3.77. The lowest BCUT2D eigenvalue weighted by Crippen LogP contribution is -2.06. The largest absolute Gasteiger partial charge is 0.397 e. The number of nitrogens with two attached hydrogens (primary N) is 2. The zero-order chi connectivity index (χ0) is 13.1. The molecule has 0 saturated carbocycles. The molecule has 4 nitrogen and oxygen atoms in total. The number of aromatic nitrogens is 1. The molecule has 1 aromatic carbocycles. The van der Waals surface area contributed by atoms with Gasteiger partial charge in [0.1, 0.15) is 5.02 Å². The number of halogens is 2. The third-order valence-corrected chi connectivity index (χ3v) is 2.84. The fourth-order valence-corrected chi connectivity index (χ4v) is 1.69. The molecule has 0 aliphatic carbocycles. The number of nitrogens with one attached hydrogen (secondary N) is 1. The van der Waals surface area contributed by atoms with E-state index < -0.39 is 5.82 Å². The van der Waals surface area contributed by atoms with Crippen molar-refractivity contribution in [3.05, 3.63) is 47.0 Å². The van der Waals surface area contributed by atoms with Crippen LogP contribution in [0.3, 0.4) is 0 Å². The van der Waals surface area contributed by atoms with Crippen molar-refractivity contribution in [1.29, 1.82) is 0 Å². The molecule has 2 aromatic rings. The molecule has 0 unspecified atom stereocenters. The third-order valence-electron chi connectivity index (χ3n) is 2.46. The predicted molar refractivity (Wildman–Crippen MR) is 71.8 cm³/mol. The molecule has 5 N–H and O–H groups in total. The van der Waals surface area contributed by atoms with E-state index in [0.29, 0.717) is 6.54 Å². The van der Waals surface area contributed by atoms with Gasteiger partial charge in [0.2, 0.25) is 0 Å². The Morgan fingerprint density at radius 3 is 2.78 bits per heavy atom. The number of nitrogens with zero attached hydrogens (tertiary/aromatic N) is 1. The average Bonchev–Trinajstić information content (AvgIpc) is 2.37. The highest BCUT2D eigenvalue weighted by Gasteiger charge is 2.13. The normalized spacial score (nSPS) is 10.3. The van der Waals surface area contributed by atoms with Gasteiger partial charge < -0.3 is 16.8 Å². The zero-order valence-corrected chi connectivity index (χ0v) is 10.2. The molecule has 0 fully saturated rings. The van der Waals surface area contributed by atoms with Crippen LogP contribution < -0.4 is 16.8 Å². The lowest BCUT2D eigenvalue weighted by Gasteiger charge is -2.12. The molecule has 0 amide bonds. The van der Waals surface area contributed by atoms with Crippen molar-refractivity contribution < 1.29 is 4.39 Å². The van der Waals surface area contributed by atoms with E-state index >= 15 is 0 Å². The molecular formula is C12H12ClFN4. The molecule has 0 atom stereocenters. The minimum absolute atomic E-state index is 0.124. The van der Waals surface area contributed by atoms with Crippen LogP contribution >= 0.6 is 11.6 Å². The fraction of sp³-hybridized carbons (Fsp3) is 0.0833. The van der Waals surface area contributed by atoms with Gasteiger partial charge in [0.15, 0.2) is 5.82 Å². The van der Waals surface area contributed by atoms with Crippen LogP contribution in [0.15, 0.2) is 30.6 Å². The average molecular weight is 267 g/mol. The van der Waals surface area contributed by atoms with Gasteiger partial charge in [-0.05, 0) is 17.7 Å². The van der Waals surface area contributed by atoms with Crippen molar-refractivity contribution >= 4 is 28.7 Å². The van der Waals surface area contributed by atoms with E-state index in [1.54, 1.807) is 18.5 Å². The van der Waals surface area contributed by atoms with E-state index in [9.17, 15) is 4.39 Å². The van der Waals surface area contributed by atoms with E-state index in [2.05, 4.69) is 10.3 Å². The molecule has 0 bridgehead atoms. The van der Waals surface area contributed by atoms with Crippen LogP contribution in [0.1, 0.15) is 5.56 Å². The summed E-state index contributed by atoms with van der Waals surface area (Å²) >= 11 is 5.73. The van der Waals surface area contributed by atoms with E-state index in [-0.39, 0.29) is 22.1 Å². The summed E-state index contributed by atoms with van der Waals surface area (Å²) in [5, 5.41) is 2.76. The van der Waals surface area contributed by atoms with Gasteiger partial charge >= 0.3 is 0 Å². The van der Waals surface area contributed by atoms with Crippen LogP contribution in [0.4, 0.5) is 21.5 Å². The molecule has 18 heavy (non-hydrogen) atoms. The minimum Gasteiger partial charge on any atom is -0.397 e. The van der Waals surface area contributed by atoms with Gasteiger partial charge in [0.05, 0.1) is 17.1 Å². The molecule has 94 valence electrons. The summed E-state index contributed by atoms with van der Waals surface area (Å²) in [6.45, 7) is 0.398. The number of hydrogen-bond donors (Lipinski definition) is 3. The SMILES string of the molecule is Nc1cc(N)c(NCc2cccnc2)c(F)c1Cl. The summed E-state index contributed by atoms with van der Waals surface area (Å²) in [5.41, 5.74) is 12.6. The van der Waals surface area contributed by atoms with Gasteiger partial charge in [-0.3, -0.25) is 4.98 Å². The van der Waals surface area contributed by atoms with E-state index in [1.807, 2.05) is 6.07 Å². The summed E-state index contributed by atoms with van der Waals surface area (Å²) in [5.74, 6) is -0.641. The number of anilines is 3. The number of benzene rings is 1. The minimum atomic E-state index is -0.641. The van der Waals surface area contributed by atoms with Crippen molar-refractivity contribution in [3.63, 3.8) is 0 Å². The second-order valence-corrected chi connectivity index (χ2v) is 4.15. The quantitative estimate of drug-likeness (QED) is 0.747. The molecule has 0 radical (unpaired) electrons. The summed E-state index contributed by atoms with van der Waals surface area (Å²) in [4.78, 5) is 3.96. The van der Waals surface area contributed by atoms with Gasteiger partial charge in [-0.15, -0.1) is 0 Å². The first kappa shape index (κ1) is 12.4. The van der Waals surface area contributed by atoms with Crippen molar-refractivity contribution in [2.75, 3.05) is 16.8 Å². The lowest BCUT2D eigenvalue weighted by atomic mass is 10.2. The Hall–Kier alpha value is -2.01. The molecule has 0 aliphatic rings. The van der Waals surface area contributed by atoms with Gasteiger partial charge in [-0.1, -0.05) is 17.7 Å². The van der Waals surface area contributed by atoms with Crippen LogP contribution in [0.25, 0.3) is 0 Å².